The fourth-order valence-electron chi connectivity index (χ4n) is 3.00. The number of ether oxygens (including phenoxy) is 1. The second-order valence-corrected chi connectivity index (χ2v) is 6.41. The van der Waals surface area contributed by atoms with Gasteiger partial charge in [0.1, 0.15) is 11.6 Å². The van der Waals surface area contributed by atoms with Gasteiger partial charge < -0.3 is 9.72 Å². The van der Waals surface area contributed by atoms with Crippen LogP contribution in [0.5, 0.6) is 5.75 Å². The minimum atomic E-state index is 0.169. The van der Waals surface area contributed by atoms with E-state index in [0.717, 1.165) is 22.6 Å². The van der Waals surface area contributed by atoms with Gasteiger partial charge in [0.15, 0.2) is 0 Å². The zero-order chi connectivity index (χ0) is 16.7. The molecule has 0 saturated heterocycles. The van der Waals surface area contributed by atoms with E-state index >= 15 is 0 Å². The first-order valence-corrected chi connectivity index (χ1v) is 8.25. The lowest BCUT2D eigenvalue weighted by atomic mass is 9.97. The summed E-state index contributed by atoms with van der Waals surface area (Å²) in [6, 6.07) is 18.3. The Morgan fingerprint density at radius 3 is 2.62 bits per heavy atom. The Morgan fingerprint density at radius 1 is 1.00 bits per heavy atom. The van der Waals surface area contributed by atoms with Gasteiger partial charge >= 0.3 is 0 Å². The summed E-state index contributed by atoms with van der Waals surface area (Å²) in [5.41, 5.74) is 3.12. The molecule has 0 saturated carbocycles. The predicted molar refractivity (Wildman–Crippen MR) is 99.1 cm³/mol. The summed E-state index contributed by atoms with van der Waals surface area (Å²) in [7, 11) is 1.69. The monoisotopic (exact) mass is 336 g/mol. The Labute approximate surface area is 145 Å². The second-order valence-electron chi connectivity index (χ2n) is 5.98. The third-order valence-electron chi connectivity index (χ3n) is 4.44. The average Bonchev–Trinajstić information content (AvgIpc) is 3.03. The van der Waals surface area contributed by atoms with E-state index in [1.54, 1.807) is 7.11 Å². The highest BCUT2D eigenvalue weighted by atomic mass is 35.5. The molecular formula is C20H17ClN2O. The molecule has 3 nitrogen and oxygen atoms in total. The number of nitrogens with one attached hydrogen (secondary N) is 1. The predicted octanol–water partition coefficient (Wildman–Crippen LogP) is 5.53. The van der Waals surface area contributed by atoms with Gasteiger partial charge in [-0.15, -0.1) is 0 Å². The van der Waals surface area contributed by atoms with Gasteiger partial charge in [-0.25, -0.2) is 4.98 Å². The fraction of sp³-hybridized carbons (Fsp3) is 0.150. The number of nitrogens with zero attached hydrogens (tertiary/aromatic N) is 1. The van der Waals surface area contributed by atoms with E-state index in [1.807, 2.05) is 30.3 Å². The maximum Gasteiger partial charge on any atom is 0.119 e. The number of imidazole rings is 1. The summed E-state index contributed by atoms with van der Waals surface area (Å²) < 4.78 is 5.29. The molecule has 0 radical (unpaired) electrons. The first kappa shape index (κ1) is 15.0. The van der Waals surface area contributed by atoms with E-state index in [-0.39, 0.29) is 5.92 Å². The van der Waals surface area contributed by atoms with E-state index in [1.165, 1.54) is 16.3 Å². The molecule has 1 atom stereocenters. The Kier molecular flexibility index (Phi) is 3.66. The lowest BCUT2D eigenvalue weighted by Gasteiger charge is -2.11. The third-order valence-corrected chi connectivity index (χ3v) is 4.68. The van der Waals surface area contributed by atoms with Crippen molar-refractivity contribution < 1.29 is 4.74 Å². The maximum absolute atomic E-state index is 6.06. The summed E-state index contributed by atoms with van der Waals surface area (Å²) in [5, 5.41) is 3.07. The van der Waals surface area contributed by atoms with Crippen LogP contribution < -0.4 is 4.74 Å². The molecule has 4 rings (SSSR count). The normalized spacial score (nSPS) is 12.6. The Balaban J connectivity index is 1.74. The highest BCUT2D eigenvalue weighted by molar-refractivity contribution is 6.31. The molecule has 0 aliphatic rings. The first-order chi connectivity index (χ1) is 11.6. The largest absolute Gasteiger partial charge is 0.497 e. The molecule has 3 aromatic carbocycles. The lowest BCUT2D eigenvalue weighted by Crippen LogP contribution is -1.98. The molecule has 0 spiro atoms. The molecule has 120 valence electrons. The molecule has 4 heteroatoms. The fourth-order valence-corrected chi connectivity index (χ4v) is 3.18. The van der Waals surface area contributed by atoms with E-state index in [9.17, 15) is 0 Å². The number of halogens is 1. The second kappa shape index (κ2) is 5.84. The van der Waals surface area contributed by atoms with Gasteiger partial charge in [-0.1, -0.05) is 42.8 Å². The SMILES string of the molecule is COc1ccc2cc([C@@H](C)c3nc4ccc(Cl)cc4[nH]3)ccc2c1. The summed E-state index contributed by atoms with van der Waals surface area (Å²) in [6.45, 7) is 2.16. The molecule has 0 aliphatic carbocycles. The van der Waals surface area contributed by atoms with Crippen LogP contribution in [0.25, 0.3) is 21.8 Å². The molecule has 0 fully saturated rings. The van der Waals surface area contributed by atoms with Crippen LogP contribution in [0.4, 0.5) is 0 Å². The highest BCUT2D eigenvalue weighted by Gasteiger charge is 2.14. The van der Waals surface area contributed by atoms with Crippen LogP contribution >= 0.6 is 11.6 Å². The van der Waals surface area contributed by atoms with E-state index in [0.29, 0.717) is 5.02 Å². The Morgan fingerprint density at radius 2 is 1.79 bits per heavy atom. The summed E-state index contributed by atoms with van der Waals surface area (Å²) in [4.78, 5) is 8.09. The quantitative estimate of drug-likeness (QED) is 0.534. The van der Waals surface area contributed by atoms with Crippen molar-refractivity contribution in [3.8, 4) is 5.75 Å². The molecule has 24 heavy (non-hydrogen) atoms. The topological polar surface area (TPSA) is 37.9 Å². The Hall–Kier alpha value is -2.52. The first-order valence-electron chi connectivity index (χ1n) is 7.87. The van der Waals surface area contributed by atoms with Gasteiger partial charge in [0.2, 0.25) is 0 Å². The van der Waals surface area contributed by atoms with E-state index in [2.05, 4.69) is 36.2 Å². The number of aromatic nitrogens is 2. The number of methoxy groups -OCH3 is 1. The third kappa shape index (κ3) is 2.61. The van der Waals surface area contributed by atoms with Gasteiger partial charge in [-0.2, -0.15) is 0 Å². The summed E-state index contributed by atoms with van der Waals surface area (Å²) >= 11 is 6.06. The molecule has 0 bridgehead atoms. The molecule has 0 unspecified atom stereocenters. The number of fused-ring (bicyclic) bond motifs is 2. The maximum atomic E-state index is 6.06. The molecular weight excluding hydrogens is 320 g/mol. The van der Waals surface area contributed by atoms with Crippen LogP contribution in [-0.4, -0.2) is 17.1 Å². The van der Waals surface area contributed by atoms with Crippen LogP contribution in [0.1, 0.15) is 24.2 Å². The van der Waals surface area contributed by atoms with E-state index in [4.69, 9.17) is 21.3 Å². The van der Waals surface area contributed by atoms with Gasteiger partial charge in [-0.3, -0.25) is 0 Å². The number of hydrogen-bond donors (Lipinski definition) is 1. The zero-order valence-corrected chi connectivity index (χ0v) is 14.3. The number of rotatable bonds is 3. The molecule has 0 aliphatic heterocycles. The van der Waals surface area contributed by atoms with Gasteiger partial charge in [0, 0.05) is 10.9 Å². The number of benzene rings is 3. The number of hydrogen-bond acceptors (Lipinski definition) is 2. The van der Waals surface area contributed by atoms with Crippen LogP contribution in [-0.2, 0) is 0 Å². The minimum Gasteiger partial charge on any atom is -0.497 e. The average molecular weight is 337 g/mol. The van der Waals surface area contributed by atoms with Crippen molar-refractivity contribution in [1.29, 1.82) is 0 Å². The van der Waals surface area contributed by atoms with Gasteiger partial charge in [-0.05, 0) is 46.7 Å². The van der Waals surface area contributed by atoms with Crippen molar-refractivity contribution >= 4 is 33.4 Å². The van der Waals surface area contributed by atoms with Gasteiger partial charge in [0.25, 0.3) is 0 Å². The lowest BCUT2D eigenvalue weighted by molar-refractivity contribution is 0.415. The molecule has 0 amide bonds. The molecule has 1 heterocycles. The van der Waals surface area contributed by atoms with Crippen molar-refractivity contribution in [2.24, 2.45) is 0 Å². The highest BCUT2D eigenvalue weighted by Crippen LogP contribution is 2.29. The standard InChI is InChI=1S/C20H17ClN2O/c1-12(20-22-18-8-6-16(21)11-19(18)23-20)13-3-4-15-10-17(24-2)7-5-14(15)9-13/h3-12H,1-2H3,(H,22,23)/t12-/m1/s1. The van der Waals surface area contributed by atoms with Crippen molar-refractivity contribution in [2.45, 2.75) is 12.8 Å². The van der Waals surface area contributed by atoms with Crippen LogP contribution in [0.15, 0.2) is 54.6 Å². The van der Waals surface area contributed by atoms with Crippen molar-refractivity contribution in [2.75, 3.05) is 7.11 Å². The van der Waals surface area contributed by atoms with Crippen molar-refractivity contribution in [3.05, 3.63) is 71.0 Å². The summed E-state index contributed by atoms with van der Waals surface area (Å²) in [6.07, 6.45) is 0. The number of aromatic amines is 1. The van der Waals surface area contributed by atoms with Crippen molar-refractivity contribution in [1.82, 2.24) is 9.97 Å². The molecule has 1 N–H and O–H groups in total. The minimum absolute atomic E-state index is 0.169. The van der Waals surface area contributed by atoms with Crippen LogP contribution in [0.3, 0.4) is 0 Å². The molecule has 4 aromatic rings. The zero-order valence-electron chi connectivity index (χ0n) is 13.5. The van der Waals surface area contributed by atoms with Crippen LogP contribution in [0, 0.1) is 0 Å². The molecule has 1 aromatic heterocycles. The smallest absolute Gasteiger partial charge is 0.119 e. The van der Waals surface area contributed by atoms with Crippen molar-refractivity contribution in [3.63, 3.8) is 0 Å². The van der Waals surface area contributed by atoms with Gasteiger partial charge in [0.05, 0.1) is 18.1 Å². The van der Waals surface area contributed by atoms with Crippen LogP contribution in [0.2, 0.25) is 5.02 Å². The number of H-pyrrole nitrogens is 1. The summed E-state index contributed by atoms with van der Waals surface area (Å²) in [5.74, 6) is 1.99. The van der Waals surface area contributed by atoms with E-state index < -0.39 is 0 Å². The Bertz CT molecular complexity index is 1040.